The summed E-state index contributed by atoms with van der Waals surface area (Å²) in [4.78, 5) is 0. The van der Waals surface area contributed by atoms with Crippen molar-refractivity contribution in [1.82, 2.24) is 0 Å². The quantitative estimate of drug-likeness (QED) is 0.638. The van der Waals surface area contributed by atoms with Gasteiger partial charge in [-0.25, -0.2) is 4.39 Å². The van der Waals surface area contributed by atoms with E-state index in [2.05, 4.69) is 39.8 Å². The Balaban J connectivity index is 2.29. The van der Waals surface area contributed by atoms with Crippen LogP contribution in [0, 0.1) is 5.82 Å². The van der Waals surface area contributed by atoms with E-state index in [1.165, 1.54) is 6.07 Å². The van der Waals surface area contributed by atoms with Crippen molar-refractivity contribution in [2.75, 3.05) is 0 Å². The zero-order valence-corrected chi connectivity index (χ0v) is 13.8. The van der Waals surface area contributed by atoms with Gasteiger partial charge in [0.2, 0.25) is 0 Å². The van der Waals surface area contributed by atoms with Crippen LogP contribution in [0.3, 0.4) is 0 Å². The van der Waals surface area contributed by atoms with Crippen LogP contribution in [-0.4, -0.2) is 0 Å². The van der Waals surface area contributed by atoms with Gasteiger partial charge in [0.05, 0.1) is 0 Å². The molecule has 0 aliphatic carbocycles. The summed E-state index contributed by atoms with van der Waals surface area (Å²) < 4.78 is 14.0. The Morgan fingerprint density at radius 3 is 2.33 bits per heavy atom. The zero-order chi connectivity index (χ0) is 15.6. The van der Waals surface area contributed by atoms with E-state index >= 15 is 0 Å². The lowest BCUT2D eigenvalue weighted by atomic mass is 9.78. The molecule has 0 aromatic heterocycles. The fourth-order valence-corrected chi connectivity index (χ4v) is 3.19. The highest BCUT2D eigenvalue weighted by atomic mass is 35.5. The molecule has 0 aliphatic rings. The van der Waals surface area contributed by atoms with Crippen molar-refractivity contribution in [1.29, 1.82) is 0 Å². The van der Waals surface area contributed by atoms with E-state index in [9.17, 15) is 4.39 Å². The number of halogens is 2. The second-order valence-corrected chi connectivity index (χ2v) is 6.96. The molecular formula is C19H22ClF. The third-order valence-electron chi connectivity index (χ3n) is 3.94. The summed E-state index contributed by atoms with van der Waals surface area (Å²) in [5.41, 5.74) is 2.77. The van der Waals surface area contributed by atoms with Crippen LogP contribution >= 0.6 is 11.6 Å². The van der Waals surface area contributed by atoms with Crippen molar-refractivity contribution in [3.05, 3.63) is 70.0 Å². The van der Waals surface area contributed by atoms with Crippen LogP contribution in [0.2, 0.25) is 5.02 Å². The summed E-state index contributed by atoms with van der Waals surface area (Å²) in [6, 6.07) is 13.2. The molecule has 0 N–H and O–H groups in total. The van der Waals surface area contributed by atoms with Gasteiger partial charge in [0, 0.05) is 5.02 Å². The Kier molecular flexibility index (Phi) is 4.73. The van der Waals surface area contributed by atoms with Gasteiger partial charge in [-0.3, -0.25) is 0 Å². The Morgan fingerprint density at radius 2 is 1.76 bits per heavy atom. The Hall–Kier alpha value is -1.34. The summed E-state index contributed by atoms with van der Waals surface area (Å²) in [5, 5.41) is 0.798. The van der Waals surface area contributed by atoms with Gasteiger partial charge in [-0.1, -0.05) is 69.6 Å². The van der Waals surface area contributed by atoms with E-state index in [0.717, 1.165) is 28.1 Å². The summed E-state index contributed by atoms with van der Waals surface area (Å²) >= 11 is 6.36. The highest BCUT2D eigenvalue weighted by Gasteiger charge is 2.24. The molecule has 0 fully saturated rings. The third kappa shape index (κ3) is 3.65. The minimum atomic E-state index is -0.270. The summed E-state index contributed by atoms with van der Waals surface area (Å²) in [6.07, 6.45) is 0.756. The zero-order valence-electron chi connectivity index (χ0n) is 13.1. The lowest BCUT2D eigenvalue weighted by molar-refractivity contribution is 0.481. The van der Waals surface area contributed by atoms with E-state index < -0.39 is 0 Å². The largest absolute Gasteiger partial charge is 0.207 e. The van der Waals surface area contributed by atoms with E-state index in [1.54, 1.807) is 6.07 Å². The predicted octanol–water partition coefficient (Wildman–Crippen LogP) is 6.12. The van der Waals surface area contributed by atoms with Gasteiger partial charge in [0.15, 0.2) is 0 Å². The summed E-state index contributed by atoms with van der Waals surface area (Å²) in [6.45, 7) is 8.39. The van der Waals surface area contributed by atoms with Gasteiger partial charge in [-0.15, -0.1) is 0 Å². The molecule has 0 unspecified atom stereocenters. The van der Waals surface area contributed by atoms with Crippen molar-refractivity contribution >= 4 is 11.6 Å². The molecule has 0 spiro atoms. The van der Waals surface area contributed by atoms with E-state index in [4.69, 9.17) is 11.6 Å². The Morgan fingerprint density at radius 1 is 1.10 bits per heavy atom. The average molecular weight is 305 g/mol. The number of hydrogen-bond acceptors (Lipinski definition) is 0. The molecule has 0 radical (unpaired) electrons. The molecule has 0 nitrogen and oxygen atoms in total. The molecule has 0 heterocycles. The van der Waals surface area contributed by atoms with Crippen molar-refractivity contribution in [3.63, 3.8) is 0 Å². The standard InChI is InChI=1S/C19H22ClF/c1-13(2)15-10-9-14(11-17(15)20)12-19(3,4)16-7-5-6-8-18(16)21/h5-11,13H,12H2,1-4H3. The fourth-order valence-electron chi connectivity index (χ4n) is 2.76. The van der Waals surface area contributed by atoms with Crippen molar-refractivity contribution in [2.45, 2.75) is 45.4 Å². The lowest BCUT2D eigenvalue weighted by Crippen LogP contribution is -2.22. The predicted molar refractivity (Wildman–Crippen MR) is 88.7 cm³/mol. The molecule has 112 valence electrons. The fraction of sp³-hybridized carbons (Fsp3) is 0.368. The second kappa shape index (κ2) is 6.19. The van der Waals surface area contributed by atoms with E-state index in [0.29, 0.717) is 5.92 Å². The second-order valence-electron chi connectivity index (χ2n) is 6.55. The number of rotatable bonds is 4. The molecule has 2 aromatic rings. The van der Waals surface area contributed by atoms with Crippen LogP contribution in [0.15, 0.2) is 42.5 Å². The highest BCUT2D eigenvalue weighted by molar-refractivity contribution is 6.31. The van der Waals surface area contributed by atoms with E-state index in [-0.39, 0.29) is 11.2 Å². The average Bonchev–Trinajstić information content (AvgIpc) is 2.38. The summed E-state index contributed by atoms with van der Waals surface area (Å²) in [7, 11) is 0. The van der Waals surface area contributed by atoms with Gasteiger partial charge in [0.25, 0.3) is 0 Å². The molecule has 21 heavy (non-hydrogen) atoms. The third-order valence-corrected chi connectivity index (χ3v) is 4.26. The first-order chi connectivity index (χ1) is 9.81. The summed E-state index contributed by atoms with van der Waals surface area (Å²) in [5.74, 6) is 0.263. The minimum absolute atomic E-state index is 0.146. The smallest absolute Gasteiger partial charge is 0.126 e. The highest BCUT2D eigenvalue weighted by Crippen LogP contribution is 2.32. The normalized spacial score (nSPS) is 12.0. The van der Waals surface area contributed by atoms with Crippen LogP contribution in [0.4, 0.5) is 4.39 Å². The molecule has 2 rings (SSSR count). The Bertz CT molecular complexity index is 629. The molecule has 0 bridgehead atoms. The first-order valence-electron chi connectivity index (χ1n) is 7.34. The van der Waals surface area contributed by atoms with Gasteiger partial charge < -0.3 is 0 Å². The maximum Gasteiger partial charge on any atom is 0.126 e. The van der Waals surface area contributed by atoms with Crippen LogP contribution < -0.4 is 0 Å². The first-order valence-corrected chi connectivity index (χ1v) is 7.72. The monoisotopic (exact) mass is 304 g/mol. The maximum atomic E-state index is 14.0. The van der Waals surface area contributed by atoms with Crippen LogP contribution in [0.25, 0.3) is 0 Å². The van der Waals surface area contributed by atoms with Crippen LogP contribution in [0.1, 0.15) is 50.3 Å². The van der Waals surface area contributed by atoms with Crippen LogP contribution in [-0.2, 0) is 11.8 Å². The molecule has 0 saturated carbocycles. The lowest BCUT2D eigenvalue weighted by Gasteiger charge is -2.26. The Labute approximate surface area is 132 Å². The number of hydrogen-bond donors (Lipinski definition) is 0. The number of benzene rings is 2. The molecular weight excluding hydrogens is 283 g/mol. The van der Waals surface area contributed by atoms with Crippen LogP contribution in [0.5, 0.6) is 0 Å². The molecule has 0 atom stereocenters. The SMILES string of the molecule is CC(C)c1ccc(CC(C)(C)c2ccccc2F)cc1Cl. The van der Waals surface area contributed by atoms with E-state index in [1.807, 2.05) is 18.2 Å². The van der Waals surface area contributed by atoms with Crippen molar-refractivity contribution in [3.8, 4) is 0 Å². The van der Waals surface area contributed by atoms with Gasteiger partial charge in [-0.05, 0) is 46.6 Å². The maximum absolute atomic E-state index is 14.0. The van der Waals surface area contributed by atoms with Crippen molar-refractivity contribution in [2.24, 2.45) is 0 Å². The molecule has 0 amide bonds. The van der Waals surface area contributed by atoms with Gasteiger partial charge in [0.1, 0.15) is 5.82 Å². The van der Waals surface area contributed by atoms with Crippen molar-refractivity contribution < 1.29 is 4.39 Å². The van der Waals surface area contributed by atoms with Gasteiger partial charge >= 0.3 is 0 Å². The van der Waals surface area contributed by atoms with Gasteiger partial charge in [-0.2, -0.15) is 0 Å². The molecule has 0 aliphatic heterocycles. The molecule has 2 aromatic carbocycles. The molecule has 2 heteroatoms. The first kappa shape index (κ1) is 16.0. The minimum Gasteiger partial charge on any atom is -0.207 e. The topological polar surface area (TPSA) is 0 Å². The molecule has 0 saturated heterocycles.